The molecule has 0 fully saturated rings. The Labute approximate surface area is 159 Å². The molecule has 2 aromatic rings. The van der Waals surface area contributed by atoms with Crippen LogP contribution in [-0.4, -0.2) is 37.9 Å². The van der Waals surface area contributed by atoms with Crippen molar-refractivity contribution in [1.29, 1.82) is 0 Å². The lowest BCUT2D eigenvalue weighted by Gasteiger charge is -2.15. The molecule has 0 aliphatic rings. The van der Waals surface area contributed by atoms with Crippen LogP contribution in [0.4, 0.5) is 5.69 Å². The topological polar surface area (TPSA) is 58.6 Å². The molecule has 126 valence electrons. The van der Waals surface area contributed by atoms with Gasteiger partial charge in [-0.1, -0.05) is 11.6 Å². The minimum atomic E-state index is -0.302. The fourth-order valence-corrected chi connectivity index (χ4v) is 3.18. The maximum absolute atomic E-state index is 12.5. The van der Waals surface area contributed by atoms with E-state index >= 15 is 0 Å². The molecule has 0 heterocycles. The second-order valence-electron chi connectivity index (χ2n) is 5.19. The number of nitrogens with one attached hydrogen (secondary N) is 1. The van der Waals surface area contributed by atoms with E-state index in [2.05, 4.69) is 27.9 Å². The Bertz CT molecular complexity index is 793. The minimum Gasteiger partial charge on any atom is -0.495 e. The van der Waals surface area contributed by atoms with Gasteiger partial charge >= 0.3 is 0 Å². The molecule has 0 unspecified atom stereocenters. The predicted molar refractivity (Wildman–Crippen MR) is 103 cm³/mol. The third kappa shape index (κ3) is 4.18. The Morgan fingerprint density at radius 1 is 1.17 bits per heavy atom. The van der Waals surface area contributed by atoms with Crippen LogP contribution in [-0.2, 0) is 0 Å². The second-order valence-corrected chi connectivity index (χ2v) is 6.79. The average Bonchev–Trinajstić information content (AvgIpc) is 2.53. The number of amides is 2. The Morgan fingerprint density at radius 2 is 1.88 bits per heavy atom. The van der Waals surface area contributed by atoms with E-state index in [9.17, 15) is 9.59 Å². The minimum absolute atomic E-state index is 0.158. The molecule has 0 aliphatic carbocycles. The van der Waals surface area contributed by atoms with Crippen molar-refractivity contribution in [1.82, 2.24) is 4.90 Å². The Morgan fingerprint density at radius 3 is 2.46 bits per heavy atom. The van der Waals surface area contributed by atoms with Gasteiger partial charge in [-0.3, -0.25) is 9.59 Å². The summed E-state index contributed by atoms with van der Waals surface area (Å²) in [6, 6.07) is 9.92. The van der Waals surface area contributed by atoms with Gasteiger partial charge in [0.05, 0.1) is 18.4 Å². The van der Waals surface area contributed by atoms with Crippen LogP contribution in [0, 0.1) is 3.57 Å². The average molecular weight is 459 g/mol. The van der Waals surface area contributed by atoms with Gasteiger partial charge in [0.2, 0.25) is 0 Å². The fourth-order valence-electron chi connectivity index (χ4n) is 2.06. The molecule has 0 bridgehead atoms. The summed E-state index contributed by atoms with van der Waals surface area (Å²) in [6.45, 7) is 0. The number of methoxy groups -OCH3 is 1. The molecule has 0 atom stereocenters. The van der Waals surface area contributed by atoms with E-state index in [0.717, 1.165) is 3.57 Å². The maximum Gasteiger partial charge on any atom is 0.256 e. The lowest BCUT2D eigenvalue weighted by molar-refractivity contribution is 0.0827. The smallest absolute Gasteiger partial charge is 0.256 e. The Balaban J connectivity index is 2.35. The van der Waals surface area contributed by atoms with E-state index in [0.29, 0.717) is 27.6 Å². The van der Waals surface area contributed by atoms with Gasteiger partial charge in [0.1, 0.15) is 5.75 Å². The van der Waals surface area contributed by atoms with Crippen molar-refractivity contribution in [3.63, 3.8) is 0 Å². The summed E-state index contributed by atoms with van der Waals surface area (Å²) in [5.74, 6) is 0.0145. The molecule has 2 amide bonds. The molecule has 0 saturated heterocycles. The van der Waals surface area contributed by atoms with Gasteiger partial charge in [-0.05, 0) is 59.0 Å². The van der Waals surface area contributed by atoms with Crippen molar-refractivity contribution in [2.75, 3.05) is 26.5 Å². The number of carbonyl (C=O) groups is 2. The van der Waals surface area contributed by atoms with Crippen LogP contribution in [0.15, 0.2) is 36.4 Å². The van der Waals surface area contributed by atoms with Gasteiger partial charge < -0.3 is 15.0 Å². The van der Waals surface area contributed by atoms with Gasteiger partial charge in [-0.2, -0.15) is 0 Å². The number of hydrogen-bond donors (Lipinski definition) is 1. The number of carbonyl (C=O) groups excluding carboxylic acids is 2. The molecule has 0 aliphatic heterocycles. The van der Waals surface area contributed by atoms with Crippen molar-refractivity contribution < 1.29 is 14.3 Å². The van der Waals surface area contributed by atoms with Crippen LogP contribution >= 0.6 is 34.2 Å². The molecule has 5 nitrogen and oxygen atoms in total. The largest absolute Gasteiger partial charge is 0.495 e. The molecule has 0 saturated carbocycles. The fraction of sp³-hybridized carbons (Fsp3) is 0.176. The van der Waals surface area contributed by atoms with Crippen LogP contribution in [0.3, 0.4) is 0 Å². The number of hydrogen-bond acceptors (Lipinski definition) is 3. The summed E-state index contributed by atoms with van der Waals surface area (Å²) in [4.78, 5) is 26.1. The van der Waals surface area contributed by atoms with E-state index in [1.807, 2.05) is 0 Å². The molecule has 0 radical (unpaired) electrons. The first kappa shape index (κ1) is 18.5. The van der Waals surface area contributed by atoms with Gasteiger partial charge in [0.25, 0.3) is 11.8 Å². The third-order valence-electron chi connectivity index (χ3n) is 3.28. The summed E-state index contributed by atoms with van der Waals surface area (Å²) < 4.78 is 6.00. The number of rotatable bonds is 4. The highest BCUT2D eigenvalue weighted by molar-refractivity contribution is 14.1. The van der Waals surface area contributed by atoms with Crippen LogP contribution in [0.25, 0.3) is 0 Å². The standard InChI is InChI=1S/C17H16ClIN2O3/c1-21(2)17(23)10-4-7-15(24-3)14(8-10)20-16(22)12-6-5-11(18)9-13(12)19/h4-9H,1-3H3,(H,20,22). The van der Waals surface area contributed by atoms with Gasteiger partial charge in [-0.25, -0.2) is 0 Å². The number of benzene rings is 2. The maximum atomic E-state index is 12.5. The molecular formula is C17H16ClIN2O3. The SMILES string of the molecule is COc1ccc(C(=O)N(C)C)cc1NC(=O)c1ccc(Cl)cc1I. The van der Waals surface area contributed by atoms with E-state index in [-0.39, 0.29) is 11.8 Å². The highest BCUT2D eigenvalue weighted by Gasteiger charge is 2.16. The molecule has 0 aromatic heterocycles. The first-order chi connectivity index (χ1) is 11.3. The highest BCUT2D eigenvalue weighted by Crippen LogP contribution is 2.27. The van der Waals surface area contributed by atoms with Crippen LogP contribution < -0.4 is 10.1 Å². The molecule has 2 rings (SSSR count). The first-order valence-corrected chi connectivity index (χ1v) is 8.45. The summed E-state index contributed by atoms with van der Waals surface area (Å²) in [5.41, 5.74) is 1.38. The zero-order valence-corrected chi connectivity index (χ0v) is 16.3. The summed E-state index contributed by atoms with van der Waals surface area (Å²) in [7, 11) is 4.84. The lowest BCUT2D eigenvalue weighted by Crippen LogP contribution is -2.22. The first-order valence-electron chi connectivity index (χ1n) is 6.99. The monoisotopic (exact) mass is 458 g/mol. The number of ether oxygens (including phenoxy) is 1. The summed E-state index contributed by atoms with van der Waals surface area (Å²) in [6.07, 6.45) is 0. The highest BCUT2D eigenvalue weighted by atomic mass is 127. The van der Waals surface area contributed by atoms with Gasteiger partial charge in [0.15, 0.2) is 0 Å². The normalized spacial score (nSPS) is 10.2. The zero-order chi connectivity index (χ0) is 17.9. The van der Waals surface area contributed by atoms with Crippen LogP contribution in [0.5, 0.6) is 5.75 Å². The molecule has 2 aromatic carbocycles. The molecule has 1 N–H and O–H groups in total. The molecule has 0 spiro atoms. The van der Waals surface area contributed by atoms with E-state index in [1.54, 1.807) is 50.5 Å². The molecular weight excluding hydrogens is 443 g/mol. The molecule has 7 heteroatoms. The Kier molecular flexibility index (Phi) is 6.06. The van der Waals surface area contributed by atoms with Crippen LogP contribution in [0.1, 0.15) is 20.7 Å². The quantitative estimate of drug-likeness (QED) is 0.707. The van der Waals surface area contributed by atoms with E-state index < -0.39 is 0 Å². The van der Waals surface area contributed by atoms with Crippen molar-refractivity contribution >= 4 is 51.7 Å². The lowest BCUT2D eigenvalue weighted by atomic mass is 10.1. The second kappa shape index (κ2) is 7.85. The predicted octanol–water partition coefficient (Wildman–Crippen LogP) is 3.91. The van der Waals surface area contributed by atoms with Crippen molar-refractivity contribution in [3.05, 3.63) is 56.1 Å². The summed E-state index contributed by atoms with van der Waals surface area (Å²) >= 11 is 7.97. The summed E-state index contributed by atoms with van der Waals surface area (Å²) in [5, 5.41) is 3.35. The van der Waals surface area contributed by atoms with Crippen molar-refractivity contribution in [3.8, 4) is 5.75 Å². The third-order valence-corrected chi connectivity index (χ3v) is 4.40. The Hall–Kier alpha value is -1.80. The van der Waals surface area contributed by atoms with Crippen molar-refractivity contribution in [2.24, 2.45) is 0 Å². The van der Waals surface area contributed by atoms with E-state index in [1.165, 1.54) is 12.0 Å². The van der Waals surface area contributed by atoms with E-state index in [4.69, 9.17) is 16.3 Å². The zero-order valence-electron chi connectivity index (χ0n) is 13.4. The number of anilines is 1. The molecule has 24 heavy (non-hydrogen) atoms. The van der Waals surface area contributed by atoms with Gasteiger partial charge in [0, 0.05) is 28.3 Å². The van der Waals surface area contributed by atoms with Crippen molar-refractivity contribution in [2.45, 2.75) is 0 Å². The number of nitrogens with zero attached hydrogens (tertiary/aromatic N) is 1. The number of halogens is 2. The van der Waals surface area contributed by atoms with Crippen LogP contribution in [0.2, 0.25) is 5.02 Å². The van der Waals surface area contributed by atoms with Gasteiger partial charge in [-0.15, -0.1) is 0 Å².